The first-order valence-electron chi connectivity index (χ1n) is 7.39. The largest absolute Gasteiger partial charge is 0.309 e. The summed E-state index contributed by atoms with van der Waals surface area (Å²) >= 11 is 4.94. The van der Waals surface area contributed by atoms with E-state index in [1.165, 1.54) is 28.5 Å². The molecular formula is C14H21BrN2O2S2. The van der Waals surface area contributed by atoms with E-state index in [4.69, 9.17) is 0 Å². The van der Waals surface area contributed by atoms with Crippen LogP contribution in [-0.2, 0) is 16.6 Å². The standard InChI is InChI=1S/C14H21BrN2O2S2/c1-9(10-3-4-10)17(2)21(18,19)13-7-12(20-14(13)15)8-16-11-5-6-11/h7,9-11,16H,3-6,8H2,1-2H3. The molecule has 0 bridgehead atoms. The molecule has 0 aromatic carbocycles. The van der Waals surface area contributed by atoms with E-state index in [1.807, 2.05) is 13.0 Å². The van der Waals surface area contributed by atoms with Crippen molar-refractivity contribution in [1.82, 2.24) is 9.62 Å². The van der Waals surface area contributed by atoms with Crippen LogP contribution in [0.15, 0.2) is 14.7 Å². The molecule has 7 heteroatoms. The van der Waals surface area contributed by atoms with E-state index >= 15 is 0 Å². The molecule has 21 heavy (non-hydrogen) atoms. The molecule has 2 fully saturated rings. The van der Waals surface area contributed by atoms with Gasteiger partial charge in [-0.25, -0.2) is 8.42 Å². The van der Waals surface area contributed by atoms with Gasteiger partial charge in [-0.1, -0.05) is 0 Å². The first kappa shape index (κ1) is 15.9. The zero-order valence-corrected chi connectivity index (χ0v) is 15.5. The maximum Gasteiger partial charge on any atom is 0.245 e. The lowest BCUT2D eigenvalue weighted by molar-refractivity contribution is 0.357. The Morgan fingerprint density at radius 1 is 1.43 bits per heavy atom. The second-order valence-corrected chi connectivity index (χ2v) is 10.5. The molecule has 0 radical (unpaired) electrons. The predicted molar refractivity (Wildman–Crippen MR) is 89.0 cm³/mol. The van der Waals surface area contributed by atoms with Crippen molar-refractivity contribution in [2.75, 3.05) is 7.05 Å². The molecule has 3 rings (SSSR count). The van der Waals surface area contributed by atoms with Crippen molar-refractivity contribution in [2.24, 2.45) is 5.92 Å². The van der Waals surface area contributed by atoms with Crippen molar-refractivity contribution in [1.29, 1.82) is 0 Å². The molecule has 1 N–H and O–H groups in total. The van der Waals surface area contributed by atoms with Gasteiger partial charge in [-0.05, 0) is 60.5 Å². The number of nitrogens with zero attached hydrogens (tertiary/aromatic N) is 1. The molecule has 1 atom stereocenters. The third-order valence-electron chi connectivity index (χ3n) is 4.38. The summed E-state index contributed by atoms with van der Waals surface area (Å²) < 4.78 is 27.8. The molecule has 1 aromatic rings. The fourth-order valence-electron chi connectivity index (χ4n) is 2.44. The van der Waals surface area contributed by atoms with Gasteiger partial charge in [-0.15, -0.1) is 11.3 Å². The number of nitrogens with one attached hydrogen (secondary N) is 1. The summed E-state index contributed by atoms with van der Waals surface area (Å²) in [5.41, 5.74) is 0. The summed E-state index contributed by atoms with van der Waals surface area (Å²) in [7, 11) is -1.71. The van der Waals surface area contributed by atoms with Gasteiger partial charge in [0.25, 0.3) is 0 Å². The van der Waals surface area contributed by atoms with Crippen LogP contribution in [0.4, 0.5) is 0 Å². The number of halogens is 1. The monoisotopic (exact) mass is 392 g/mol. The van der Waals surface area contributed by atoms with Crippen molar-refractivity contribution < 1.29 is 8.42 Å². The Bertz CT molecular complexity index is 621. The minimum Gasteiger partial charge on any atom is -0.309 e. The number of hydrogen-bond donors (Lipinski definition) is 1. The summed E-state index contributed by atoms with van der Waals surface area (Å²) in [6.45, 7) is 2.76. The van der Waals surface area contributed by atoms with Crippen LogP contribution in [0.3, 0.4) is 0 Å². The maximum atomic E-state index is 12.8. The van der Waals surface area contributed by atoms with E-state index in [9.17, 15) is 8.42 Å². The average molecular weight is 393 g/mol. The van der Waals surface area contributed by atoms with Crippen LogP contribution in [-0.4, -0.2) is 31.9 Å². The second-order valence-electron chi connectivity index (χ2n) is 6.11. The molecule has 1 aromatic heterocycles. The normalized spacial score (nSPS) is 21.0. The summed E-state index contributed by atoms with van der Waals surface area (Å²) in [4.78, 5) is 1.48. The Balaban J connectivity index is 1.76. The van der Waals surface area contributed by atoms with Crippen LogP contribution in [0.1, 0.15) is 37.5 Å². The van der Waals surface area contributed by atoms with Gasteiger partial charge in [0.1, 0.15) is 4.90 Å². The fourth-order valence-corrected chi connectivity index (χ4v) is 6.45. The summed E-state index contributed by atoms with van der Waals surface area (Å²) in [5, 5.41) is 3.43. The lowest BCUT2D eigenvalue weighted by Gasteiger charge is -2.23. The van der Waals surface area contributed by atoms with Gasteiger partial charge >= 0.3 is 0 Å². The Morgan fingerprint density at radius 3 is 2.67 bits per heavy atom. The summed E-state index contributed by atoms with van der Waals surface area (Å²) in [6, 6.07) is 2.52. The Morgan fingerprint density at radius 2 is 2.10 bits per heavy atom. The van der Waals surface area contributed by atoms with Crippen molar-refractivity contribution in [2.45, 2.75) is 56.1 Å². The third kappa shape index (κ3) is 3.52. The highest BCUT2D eigenvalue weighted by Gasteiger charge is 2.37. The summed E-state index contributed by atoms with van der Waals surface area (Å²) in [6.07, 6.45) is 4.75. The number of sulfonamides is 1. The second kappa shape index (κ2) is 5.92. The first-order valence-corrected chi connectivity index (χ1v) is 10.4. The van der Waals surface area contributed by atoms with Crippen molar-refractivity contribution in [3.63, 3.8) is 0 Å². The minimum atomic E-state index is -3.41. The van der Waals surface area contributed by atoms with Crippen molar-refractivity contribution >= 4 is 37.3 Å². The van der Waals surface area contributed by atoms with Crippen LogP contribution in [0.25, 0.3) is 0 Å². The summed E-state index contributed by atoms with van der Waals surface area (Å²) in [5.74, 6) is 0.526. The SMILES string of the molecule is CC(C1CC1)N(C)S(=O)(=O)c1cc(CNC2CC2)sc1Br. The molecular weight excluding hydrogens is 372 g/mol. The van der Waals surface area contributed by atoms with E-state index in [0.29, 0.717) is 20.6 Å². The molecule has 0 spiro atoms. The Labute approximate surface area is 139 Å². The van der Waals surface area contributed by atoms with Crippen LogP contribution in [0.2, 0.25) is 0 Å². The predicted octanol–water partition coefficient (Wildman–Crippen LogP) is 3.18. The zero-order valence-electron chi connectivity index (χ0n) is 12.3. The van der Waals surface area contributed by atoms with Gasteiger partial charge < -0.3 is 5.32 Å². The molecule has 0 aliphatic heterocycles. The average Bonchev–Trinajstić information content (AvgIpc) is 3.33. The molecule has 4 nitrogen and oxygen atoms in total. The van der Waals surface area contributed by atoms with E-state index in [1.54, 1.807) is 7.05 Å². The molecule has 2 aliphatic rings. The number of thiophene rings is 1. The number of hydrogen-bond acceptors (Lipinski definition) is 4. The van der Waals surface area contributed by atoms with Crippen molar-refractivity contribution in [3.05, 3.63) is 14.7 Å². The first-order chi connectivity index (χ1) is 9.89. The highest BCUT2D eigenvalue weighted by atomic mass is 79.9. The molecule has 2 aliphatic carbocycles. The maximum absolute atomic E-state index is 12.8. The van der Waals surface area contributed by atoms with Crippen LogP contribution in [0.5, 0.6) is 0 Å². The highest BCUT2D eigenvalue weighted by molar-refractivity contribution is 9.11. The van der Waals surface area contributed by atoms with Gasteiger partial charge in [0.05, 0.1) is 3.79 Å². The molecule has 2 saturated carbocycles. The van der Waals surface area contributed by atoms with E-state index < -0.39 is 10.0 Å². The Kier molecular flexibility index (Phi) is 4.49. The van der Waals surface area contributed by atoms with Gasteiger partial charge in [-0.2, -0.15) is 4.31 Å². The quantitative estimate of drug-likeness (QED) is 0.774. The lowest BCUT2D eigenvalue weighted by Crippen LogP contribution is -2.36. The van der Waals surface area contributed by atoms with Crippen LogP contribution >= 0.6 is 27.3 Å². The molecule has 0 saturated heterocycles. The van der Waals surface area contributed by atoms with Gasteiger partial charge in [-0.3, -0.25) is 0 Å². The van der Waals surface area contributed by atoms with Crippen LogP contribution in [0, 0.1) is 5.92 Å². The highest BCUT2D eigenvalue weighted by Crippen LogP contribution is 2.39. The smallest absolute Gasteiger partial charge is 0.245 e. The molecule has 0 amide bonds. The topological polar surface area (TPSA) is 49.4 Å². The number of rotatable bonds is 7. The molecule has 1 unspecified atom stereocenters. The zero-order chi connectivity index (χ0) is 15.2. The van der Waals surface area contributed by atoms with E-state index in [-0.39, 0.29) is 6.04 Å². The van der Waals surface area contributed by atoms with Gasteiger partial charge in [0, 0.05) is 30.6 Å². The lowest BCUT2D eigenvalue weighted by atomic mass is 10.2. The molecule has 1 heterocycles. The third-order valence-corrected chi connectivity index (χ3v) is 8.58. The van der Waals surface area contributed by atoms with E-state index in [0.717, 1.165) is 24.3 Å². The minimum absolute atomic E-state index is 0.0786. The fraction of sp³-hybridized carbons (Fsp3) is 0.714. The van der Waals surface area contributed by atoms with Crippen LogP contribution < -0.4 is 5.32 Å². The van der Waals surface area contributed by atoms with E-state index in [2.05, 4.69) is 21.2 Å². The van der Waals surface area contributed by atoms with Crippen molar-refractivity contribution in [3.8, 4) is 0 Å². The van der Waals surface area contributed by atoms with Gasteiger partial charge in [0.15, 0.2) is 0 Å². The molecule has 118 valence electrons. The Hall–Kier alpha value is 0.0500. The van der Waals surface area contributed by atoms with Gasteiger partial charge in [0.2, 0.25) is 10.0 Å².